The van der Waals surface area contributed by atoms with Crippen LogP contribution in [0, 0.1) is 0 Å². The van der Waals surface area contributed by atoms with Gasteiger partial charge in [-0.1, -0.05) is 123 Å². The Bertz CT molecular complexity index is 2320. The minimum Gasteiger partial charge on any atom is -0.458 e. The summed E-state index contributed by atoms with van der Waals surface area (Å²) in [6.07, 6.45) is 0. The predicted molar refractivity (Wildman–Crippen MR) is 211 cm³/mol. The third-order valence-corrected chi connectivity index (χ3v) is 17.4. The fraction of sp³-hybridized carbons (Fsp3) is 0.0930. The van der Waals surface area contributed by atoms with E-state index in [1.165, 1.54) is 32.1 Å². The summed E-state index contributed by atoms with van der Waals surface area (Å²) < 4.78 is 6.67. The molecule has 0 bridgehead atoms. The zero-order valence-electron chi connectivity index (χ0n) is 28.6. The summed E-state index contributed by atoms with van der Waals surface area (Å²) in [6.45, 7) is 9.77. The Balaban J connectivity index is 1.16. The monoisotopic (exact) mass is 680 g/mol. The maximum Gasteiger partial charge on any atom is 0.164 e. The van der Waals surface area contributed by atoms with E-state index in [2.05, 4.69) is 116 Å². The molecule has 2 aliphatic heterocycles. The number of ether oxygens (including phenoxy) is 1. The van der Waals surface area contributed by atoms with Crippen LogP contribution in [0.3, 0.4) is 0 Å². The van der Waals surface area contributed by atoms with Crippen LogP contribution in [0.1, 0.15) is 0 Å². The lowest BCUT2D eigenvalue weighted by molar-refractivity contribution is 0.487. The van der Waals surface area contributed by atoms with Crippen LogP contribution < -0.4 is 30.4 Å². The molecule has 0 radical (unpaired) electrons. The van der Waals surface area contributed by atoms with E-state index in [0.29, 0.717) is 17.5 Å². The molecule has 0 unspecified atom stereocenters. The Hall–Kier alpha value is -5.64. The summed E-state index contributed by atoms with van der Waals surface area (Å²) in [5, 5.41) is 5.43. The number of nitrogens with zero attached hydrogens (tertiary/aromatic N) is 4. The quantitative estimate of drug-likeness (QED) is 0.175. The summed E-state index contributed by atoms with van der Waals surface area (Å²) >= 11 is 0. The maximum atomic E-state index is 6.67. The number of rotatable bonds is 4. The van der Waals surface area contributed by atoms with Crippen molar-refractivity contribution in [3.63, 3.8) is 0 Å². The second-order valence-corrected chi connectivity index (χ2v) is 22.8. The van der Waals surface area contributed by atoms with E-state index in [1.54, 1.807) is 0 Å². The first-order valence-electron chi connectivity index (χ1n) is 17.1. The van der Waals surface area contributed by atoms with Crippen LogP contribution in [0.25, 0.3) is 34.2 Å². The minimum absolute atomic E-state index is 0.651. The lowest BCUT2D eigenvalue weighted by Crippen LogP contribution is -2.58. The molecule has 7 aromatic rings. The minimum atomic E-state index is -2.27. The van der Waals surface area contributed by atoms with Gasteiger partial charge in [-0.2, -0.15) is 0 Å². The second-order valence-electron chi connectivity index (χ2n) is 14.2. The van der Waals surface area contributed by atoms with E-state index in [-0.39, 0.29) is 0 Å². The summed E-state index contributed by atoms with van der Waals surface area (Å²) in [6, 6.07) is 51.4. The molecular formula is C43H36N4OSi2. The van der Waals surface area contributed by atoms with Crippen molar-refractivity contribution >= 4 is 54.0 Å². The van der Waals surface area contributed by atoms with Gasteiger partial charge in [0, 0.05) is 33.8 Å². The first kappa shape index (κ1) is 30.4. The van der Waals surface area contributed by atoms with Crippen molar-refractivity contribution in [2.75, 3.05) is 4.90 Å². The van der Waals surface area contributed by atoms with Gasteiger partial charge in [-0.25, -0.2) is 15.0 Å². The van der Waals surface area contributed by atoms with Crippen molar-refractivity contribution in [3.05, 3.63) is 146 Å². The molecule has 1 aromatic heterocycles. The van der Waals surface area contributed by atoms with Crippen molar-refractivity contribution in [1.82, 2.24) is 15.0 Å². The largest absolute Gasteiger partial charge is 0.458 e. The molecule has 7 heteroatoms. The van der Waals surface area contributed by atoms with Gasteiger partial charge >= 0.3 is 0 Å². The van der Waals surface area contributed by atoms with Crippen LogP contribution in [0.15, 0.2) is 146 Å². The van der Waals surface area contributed by atoms with E-state index in [1.807, 2.05) is 60.7 Å². The number of para-hydroxylation sites is 2. The van der Waals surface area contributed by atoms with Gasteiger partial charge in [-0.15, -0.1) is 0 Å². The summed E-state index contributed by atoms with van der Waals surface area (Å²) in [5.74, 6) is 3.81. The molecule has 0 spiro atoms. The van der Waals surface area contributed by atoms with Crippen molar-refractivity contribution in [2.24, 2.45) is 0 Å². The molecule has 0 amide bonds. The molecule has 3 heterocycles. The standard InChI is InChI=1S/C43H36N4OSi2/c1-49(2)37-21-13-11-19-33(37)47(34-20-12-14-22-38(34)49)32-24-26-36-40(28-32)50(3,4)39-27-31(23-25-35(39)48-36)43-45-41(29-15-7-5-8-16-29)44-42(46-43)30-17-9-6-10-18-30/h5-28H,1-4H3. The molecule has 9 rings (SSSR count). The van der Waals surface area contributed by atoms with Crippen LogP contribution in [0.4, 0.5) is 17.1 Å². The fourth-order valence-electron chi connectivity index (χ4n) is 7.63. The maximum absolute atomic E-state index is 6.67. The zero-order valence-corrected chi connectivity index (χ0v) is 30.6. The highest BCUT2D eigenvalue weighted by atomic mass is 28.3. The van der Waals surface area contributed by atoms with Crippen LogP contribution in [-0.4, -0.2) is 31.1 Å². The highest BCUT2D eigenvalue weighted by Crippen LogP contribution is 2.40. The molecular weight excluding hydrogens is 645 g/mol. The Labute approximate surface area is 295 Å². The number of anilines is 3. The van der Waals surface area contributed by atoms with Crippen LogP contribution >= 0.6 is 0 Å². The highest BCUT2D eigenvalue weighted by Gasteiger charge is 2.40. The zero-order chi connectivity index (χ0) is 34.0. The van der Waals surface area contributed by atoms with Gasteiger partial charge in [0.05, 0.1) is 0 Å². The van der Waals surface area contributed by atoms with Gasteiger partial charge in [0.25, 0.3) is 0 Å². The van der Waals surface area contributed by atoms with E-state index in [4.69, 9.17) is 19.7 Å². The van der Waals surface area contributed by atoms with E-state index >= 15 is 0 Å². The van der Waals surface area contributed by atoms with Gasteiger partial charge < -0.3 is 9.64 Å². The average molecular weight is 681 g/mol. The molecule has 242 valence electrons. The van der Waals surface area contributed by atoms with Crippen LogP contribution in [-0.2, 0) is 0 Å². The smallest absolute Gasteiger partial charge is 0.164 e. The third kappa shape index (κ3) is 4.84. The second kappa shape index (κ2) is 11.5. The van der Waals surface area contributed by atoms with Gasteiger partial charge in [0.15, 0.2) is 17.5 Å². The summed E-state index contributed by atoms with van der Waals surface area (Å²) in [7, 11) is -4.15. The van der Waals surface area contributed by atoms with Gasteiger partial charge in [0.2, 0.25) is 0 Å². The average Bonchev–Trinajstić information content (AvgIpc) is 3.16. The van der Waals surface area contributed by atoms with E-state index in [9.17, 15) is 0 Å². The lowest BCUT2D eigenvalue weighted by Gasteiger charge is -2.41. The number of hydrogen-bond acceptors (Lipinski definition) is 5. The Morgan fingerprint density at radius 2 is 0.860 bits per heavy atom. The number of fused-ring (bicyclic) bond motifs is 4. The number of hydrogen-bond donors (Lipinski definition) is 0. The summed E-state index contributed by atoms with van der Waals surface area (Å²) in [5.41, 5.74) is 6.58. The first-order chi connectivity index (χ1) is 24.3. The van der Waals surface area contributed by atoms with E-state index < -0.39 is 16.1 Å². The SMILES string of the molecule is C[Si]1(C)c2cc(-c3nc(-c4ccccc4)nc(-c4ccccc4)n3)ccc2Oc2ccc(N3c4ccccc4[Si](C)(C)c4ccccc43)cc21. The highest BCUT2D eigenvalue weighted by molar-refractivity contribution is 7.03. The van der Waals surface area contributed by atoms with Gasteiger partial charge in [0.1, 0.15) is 27.6 Å². The van der Waals surface area contributed by atoms with Crippen molar-refractivity contribution in [2.45, 2.75) is 26.2 Å². The molecule has 6 aromatic carbocycles. The molecule has 0 saturated carbocycles. The predicted octanol–water partition coefficient (Wildman–Crippen LogP) is 8.41. The molecule has 5 nitrogen and oxygen atoms in total. The number of benzene rings is 6. The van der Waals surface area contributed by atoms with Gasteiger partial charge in [-0.3, -0.25) is 0 Å². The molecule has 0 atom stereocenters. The third-order valence-electron chi connectivity index (χ3n) is 10.4. The topological polar surface area (TPSA) is 51.1 Å². The molecule has 2 aliphatic rings. The molecule has 0 aliphatic carbocycles. The van der Waals surface area contributed by atoms with Crippen molar-refractivity contribution in [3.8, 4) is 45.7 Å². The Morgan fingerprint density at radius 1 is 0.420 bits per heavy atom. The number of aromatic nitrogens is 3. The molecule has 0 saturated heterocycles. The fourth-order valence-corrected chi connectivity index (χ4v) is 13.4. The first-order valence-corrected chi connectivity index (χ1v) is 23.1. The molecule has 0 fully saturated rings. The van der Waals surface area contributed by atoms with Crippen molar-refractivity contribution < 1.29 is 4.74 Å². The van der Waals surface area contributed by atoms with Crippen LogP contribution in [0.5, 0.6) is 11.5 Å². The normalized spacial score (nSPS) is 14.8. The molecule has 0 N–H and O–H groups in total. The van der Waals surface area contributed by atoms with Crippen LogP contribution in [0.2, 0.25) is 26.2 Å². The molecule has 50 heavy (non-hydrogen) atoms. The lowest BCUT2D eigenvalue weighted by atomic mass is 10.1. The van der Waals surface area contributed by atoms with E-state index in [0.717, 1.165) is 33.9 Å². The van der Waals surface area contributed by atoms with Crippen molar-refractivity contribution in [1.29, 1.82) is 0 Å². The van der Waals surface area contributed by atoms with Gasteiger partial charge in [-0.05, 0) is 69.3 Å². The summed E-state index contributed by atoms with van der Waals surface area (Å²) in [4.78, 5) is 17.4. The Morgan fingerprint density at radius 3 is 1.42 bits per heavy atom. The Kier molecular flexibility index (Phi) is 6.98.